The van der Waals surface area contributed by atoms with E-state index >= 15 is 0 Å². The SMILES string of the molecule is Cc1cncc(CNc2cc(Cl)cc(Cl)c2)c1. The predicted molar refractivity (Wildman–Crippen MR) is 72.8 cm³/mol. The molecule has 0 bridgehead atoms. The minimum Gasteiger partial charge on any atom is -0.381 e. The van der Waals surface area contributed by atoms with Gasteiger partial charge in [-0.15, -0.1) is 0 Å². The van der Waals surface area contributed by atoms with Gasteiger partial charge in [0.1, 0.15) is 0 Å². The maximum absolute atomic E-state index is 5.92. The molecule has 0 aliphatic heterocycles. The van der Waals surface area contributed by atoms with E-state index in [1.165, 1.54) is 0 Å². The fourth-order valence-corrected chi connectivity index (χ4v) is 2.10. The van der Waals surface area contributed by atoms with Gasteiger partial charge in [-0.05, 0) is 36.2 Å². The third kappa shape index (κ3) is 3.62. The molecular formula is C13H12Cl2N2. The second-order valence-corrected chi connectivity index (χ2v) is 4.76. The van der Waals surface area contributed by atoms with E-state index < -0.39 is 0 Å². The van der Waals surface area contributed by atoms with Gasteiger partial charge in [-0.3, -0.25) is 4.98 Å². The van der Waals surface area contributed by atoms with Gasteiger partial charge < -0.3 is 5.32 Å². The number of nitrogens with one attached hydrogen (secondary N) is 1. The highest BCUT2D eigenvalue weighted by Crippen LogP contribution is 2.22. The van der Waals surface area contributed by atoms with E-state index in [0.717, 1.165) is 16.8 Å². The maximum Gasteiger partial charge on any atom is 0.0441 e. The molecule has 0 aliphatic carbocycles. The van der Waals surface area contributed by atoms with Crippen LogP contribution in [-0.2, 0) is 6.54 Å². The van der Waals surface area contributed by atoms with Crippen LogP contribution in [0.4, 0.5) is 5.69 Å². The summed E-state index contributed by atoms with van der Waals surface area (Å²) in [6, 6.07) is 7.49. The molecule has 0 saturated carbocycles. The van der Waals surface area contributed by atoms with Crippen LogP contribution in [-0.4, -0.2) is 4.98 Å². The zero-order valence-corrected chi connectivity index (χ0v) is 10.9. The molecule has 2 nitrogen and oxygen atoms in total. The van der Waals surface area contributed by atoms with E-state index in [4.69, 9.17) is 23.2 Å². The van der Waals surface area contributed by atoms with E-state index in [9.17, 15) is 0 Å². The summed E-state index contributed by atoms with van der Waals surface area (Å²) in [7, 11) is 0. The van der Waals surface area contributed by atoms with Crippen LogP contribution in [0.2, 0.25) is 10.0 Å². The fourth-order valence-electron chi connectivity index (χ4n) is 1.57. The smallest absolute Gasteiger partial charge is 0.0441 e. The third-order valence-corrected chi connectivity index (χ3v) is 2.73. The highest BCUT2D eigenvalue weighted by atomic mass is 35.5. The largest absolute Gasteiger partial charge is 0.381 e. The summed E-state index contributed by atoms with van der Waals surface area (Å²) in [4.78, 5) is 4.14. The van der Waals surface area contributed by atoms with Crippen molar-refractivity contribution in [2.75, 3.05) is 5.32 Å². The summed E-state index contributed by atoms with van der Waals surface area (Å²) >= 11 is 11.8. The lowest BCUT2D eigenvalue weighted by molar-refractivity contribution is 1.10. The summed E-state index contributed by atoms with van der Waals surface area (Å²) in [5.41, 5.74) is 3.18. The molecule has 0 radical (unpaired) electrons. The van der Waals surface area contributed by atoms with Gasteiger partial charge in [0.25, 0.3) is 0 Å². The molecule has 1 N–H and O–H groups in total. The first-order valence-electron chi connectivity index (χ1n) is 5.24. The Bertz CT molecular complexity index is 506. The van der Waals surface area contributed by atoms with Crippen molar-refractivity contribution in [2.45, 2.75) is 13.5 Å². The van der Waals surface area contributed by atoms with Crippen molar-refractivity contribution in [1.82, 2.24) is 4.98 Å². The molecule has 0 amide bonds. The molecule has 2 aromatic rings. The zero-order valence-electron chi connectivity index (χ0n) is 9.37. The molecule has 4 heteroatoms. The standard InChI is InChI=1S/C13H12Cl2N2/c1-9-2-10(7-16-6-9)8-17-13-4-11(14)3-12(15)5-13/h2-7,17H,8H2,1H3. The van der Waals surface area contributed by atoms with E-state index in [1.807, 2.05) is 31.5 Å². The molecule has 2 rings (SSSR count). The minimum atomic E-state index is 0.627. The van der Waals surface area contributed by atoms with Crippen molar-refractivity contribution in [3.05, 3.63) is 57.8 Å². The minimum absolute atomic E-state index is 0.627. The van der Waals surface area contributed by atoms with Gasteiger partial charge in [-0.25, -0.2) is 0 Å². The Balaban J connectivity index is 2.07. The predicted octanol–water partition coefficient (Wildman–Crippen LogP) is 4.31. The number of anilines is 1. The first kappa shape index (κ1) is 12.2. The second kappa shape index (κ2) is 5.39. The van der Waals surface area contributed by atoms with Gasteiger partial charge in [0, 0.05) is 34.7 Å². The molecule has 0 saturated heterocycles. The maximum atomic E-state index is 5.92. The first-order valence-corrected chi connectivity index (χ1v) is 5.99. The number of pyridine rings is 1. The Kier molecular flexibility index (Phi) is 3.87. The number of nitrogens with zero attached hydrogens (tertiary/aromatic N) is 1. The lowest BCUT2D eigenvalue weighted by Crippen LogP contribution is -2.00. The number of hydrogen-bond acceptors (Lipinski definition) is 2. The van der Waals surface area contributed by atoms with Crippen LogP contribution in [0.3, 0.4) is 0 Å². The molecule has 1 heterocycles. The Labute approximate surface area is 111 Å². The average Bonchev–Trinajstić information content (AvgIpc) is 2.25. The monoisotopic (exact) mass is 266 g/mol. The average molecular weight is 267 g/mol. The van der Waals surface area contributed by atoms with E-state index in [0.29, 0.717) is 16.6 Å². The summed E-state index contributed by atoms with van der Waals surface area (Å²) in [5, 5.41) is 4.52. The number of halogens is 2. The number of aromatic nitrogens is 1. The van der Waals surface area contributed by atoms with Crippen molar-refractivity contribution < 1.29 is 0 Å². The van der Waals surface area contributed by atoms with Gasteiger partial charge in [0.15, 0.2) is 0 Å². The lowest BCUT2D eigenvalue weighted by Gasteiger charge is -2.07. The summed E-state index contributed by atoms with van der Waals surface area (Å²) < 4.78 is 0. The van der Waals surface area contributed by atoms with Crippen LogP contribution in [0.15, 0.2) is 36.7 Å². The Morgan fingerprint density at radius 3 is 2.41 bits per heavy atom. The van der Waals surface area contributed by atoms with Gasteiger partial charge in [-0.1, -0.05) is 29.3 Å². The normalized spacial score (nSPS) is 10.3. The Hall–Kier alpha value is -1.25. The van der Waals surface area contributed by atoms with Crippen molar-refractivity contribution in [1.29, 1.82) is 0 Å². The summed E-state index contributed by atoms with van der Waals surface area (Å²) in [6.45, 7) is 2.72. The van der Waals surface area contributed by atoms with Crippen LogP contribution in [0.5, 0.6) is 0 Å². The number of aryl methyl sites for hydroxylation is 1. The van der Waals surface area contributed by atoms with E-state index in [1.54, 1.807) is 6.07 Å². The zero-order chi connectivity index (χ0) is 12.3. The Morgan fingerprint density at radius 2 is 1.76 bits per heavy atom. The molecule has 17 heavy (non-hydrogen) atoms. The van der Waals surface area contributed by atoms with Crippen LogP contribution in [0, 0.1) is 6.92 Å². The molecule has 0 atom stereocenters. The van der Waals surface area contributed by atoms with Crippen molar-refractivity contribution in [3.8, 4) is 0 Å². The number of benzene rings is 1. The van der Waals surface area contributed by atoms with Crippen LogP contribution in [0.1, 0.15) is 11.1 Å². The van der Waals surface area contributed by atoms with Crippen LogP contribution >= 0.6 is 23.2 Å². The molecule has 88 valence electrons. The van der Waals surface area contributed by atoms with Crippen LogP contribution < -0.4 is 5.32 Å². The number of rotatable bonds is 3. The highest BCUT2D eigenvalue weighted by Gasteiger charge is 1.99. The first-order chi connectivity index (χ1) is 8.13. The molecular weight excluding hydrogens is 255 g/mol. The van der Waals surface area contributed by atoms with Crippen LogP contribution in [0.25, 0.3) is 0 Å². The molecule has 0 unspecified atom stereocenters. The third-order valence-electron chi connectivity index (χ3n) is 2.29. The highest BCUT2D eigenvalue weighted by molar-refractivity contribution is 6.35. The van der Waals surface area contributed by atoms with Gasteiger partial charge in [-0.2, -0.15) is 0 Å². The van der Waals surface area contributed by atoms with Gasteiger partial charge in [0.05, 0.1) is 0 Å². The van der Waals surface area contributed by atoms with E-state index in [-0.39, 0.29) is 0 Å². The van der Waals surface area contributed by atoms with E-state index in [2.05, 4.69) is 16.4 Å². The Morgan fingerprint density at radius 1 is 1.06 bits per heavy atom. The second-order valence-electron chi connectivity index (χ2n) is 3.88. The van der Waals surface area contributed by atoms with Gasteiger partial charge >= 0.3 is 0 Å². The summed E-state index contributed by atoms with van der Waals surface area (Å²) in [5.74, 6) is 0. The van der Waals surface area contributed by atoms with Crippen molar-refractivity contribution >= 4 is 28.9 Å². The number of hydrogen-bond donors (Lipinski definition) is 1. The molecule has 0 fully saturated rings. The van der Waals surface area contributed by atoms with Gasteiger partial charge in [0.2, 0.25) is 0 Å². The topological polar surface area (TPSA) is 24.9 Å². The molecule has 0 aliphatic rings. The van der Waals surface area contributed by atoms with Crippen molar-refractivity contribution in [2.24, 2.45) is 0 Å². The lowest BCUT2D eigenvalue weighted by atomic mass is 10.2. The quantitative estimate of drug-likeness (QED) is 0.896. The summed E-state index contributed by atoms with van der Waals surface area (Å²) in [6.07, 6.45) is 3.67. The molecule has 1 aromatic heterocycles. The molecule has 0 spiro atoms. The van der Waals surface area contributed by atoms with Crippen molar-refractivity contribution in [3.63, 3.8) is 0 Å². The molecule has 1 aromatic carbocycles. The fraction of sp³-hybridized carbons (Fsp3) is 0.154.